The number of hydrogen-bond acceptors (Lipinski definition) is 5. The fraction of sp³-hybridized carbons (Fsp3) is 0.667. The van der Waals surface area contributed by atoms with Gasteiger partial charge in [0.2, 0.25) is 0 Å². The van der Waals surface area contributed by atoms with Gasteiger partial charge >= 0.3 is 0 Å². The quantitative estimate of drug-likeness (QED) is 0.737. The molecule has 1 heterocycles. The molecule has 1 aromatic heterocycles. The molecule has 0 aromatic carbocycles. The van der Waals surface area contributed by atoms with Crippen LogP contribution in [-0.4, -0.2) is 27.7 Å². The van der Waals surface area contributed by atoms with Gasteiger partial charge in [-0.3, -0.25) is 0 Å². The van der Waals surface area contributed by atoms with Gasteiger partial charge in [0, 0.05) is 12.1 Å². The van der Waals surface area contributed by atoms with Crippen LogP contribution < -0.4 is 11.1 Å². The molecule has 1 aliphatic rings. The minimum absolute atomic E-state index is 0.0947. The molecule has 0 aliphatic heterocycles. The summed E-state index contributed by atoms with van der Waals surface area (Å²) in [7, 11) is 0. The number of rotatable bonds is 3. The van der Waals surface area contributed by atoms with Gasteiger partial charge in [-0.05, 0) is 38.5 Å². The minimum Gasteiger partial charge on any atom is -0.393 e. The maximum atomic E-state index is 9.44. The third kappa shape index (κ3) is 3.06. The van der Waals surface area contributed by atoms with Gasteiger partial charge in [0.25, 0.3) is 0 Å². The topological polar surface area (TPSA) is 84.1 Å². The average Bonchev–Trinajstić information content (AvgIpc) is 2.33. The van der Waals surface area contributed by atoms with Gasteiger partial charge in [0.15, 0.2) is 0 Å². The Kier molecular flexibility index (Phi) is 3.78. The van der Waals surface area contributed by atoms with Gasteiger partial charge < -0.3 is 16.2 Å². The van der Waals surface area contributed by atoms with Crippen LogP contribution in [-0.2, 0) is 0 Å². The van der Waals surface area contributed by atoms with Gasteiger partial charge in [0.05, 0.1) is 6.10 Å². The number of nitrogens with zero attached hydrogens (tertiary/aromatic N) is 2. The lowest BCUT2D eigenvalue weighted by atomic mass is 9.87. The fourth-order valence-corrected chi connectivity index (χ4v) is 2.23. The van der Waals surface area contributed by atoms with E-state index in [0.29, 0.717) is 11.7 Å². The van der Waals surface area contributed by atoms with E-state index in [9.17, 15) is 5.11 Å². The lowest BCUT2D eigenvalue weighted by Gasteiger charge is -2.25. The summed E-state index contributed by atoms with van der Waals surface area (Å²) in [4.78, 5) is 8.12. The lowest BCUT2D eigenvalue weighted by Crippen LogP contribution is -2.24. The van der Waals surface area contributed by atoms with Crippen LogP contribution in [0, 0.1) is 12.8 Å². The number of aromatic nitrogens is 2. The molecular formula is C12H20N4O. The van der Waals surface area contributed by atoms with Crippen LogP contribution in [0.15, 0.2) is 6.33 Å². The number of nitrogens with two attached hydrogens (primary N) is 1. The molecule has 1 saturated carbocycles. The highest BCUT2D eigenvalue weighted by molar-refractivity contribution is 5.53. The van der Waals surface area contributed by atoms with Crippen LogP contribution in [0.5, 0.6) is 0 Å². The van der Waals surface area contributed by atoms with E-state index in [-0.39, 0.29) is 6.10 Å². The summed E-state index contributed by atoms with van der Waals surface area (Å²) in [6.07, 6.45) is 5.37. The molecule has 0 atom stereocenters. The second-order valence-corrected chi connectivity index (χ2v) is 4.79. The van der Waals surface area contributed by atoms with Crippen LogP contribution in [0.25, 0.3) is 0 Å². The maximum Gasteiger partial charge on any atom is 0.134 e. The molecule has 1 fully saturated rings. The largest absolute Gasteiger partial charge is 0.393 e. The second-order valence-electron chi connectivity index (χ2n) is 4.79. The molecule has 0 radical (unpaired) electrons. The maximum absolute atomic E-state index is 9.44. The van der Waals surface area contributed by atoms with Crippen LogP contribution in [0.4, 0.5) is 11.6 Å². The SMILES string of the molecule is Cc1c(N)ncnc1NCC1CCC(O)CC1. The highest BCUT2D eigenvalue weighted by atomic mass is 16.3. The molecule has 0 bridgehead atoms. The number of hydrogen-bond donors (Lipinski definition) is 3. The van der Waals surface area contributed by atoms with Crippen molar-refractivity contribution in [3.8, 4) is 0 Å². The third-order valence-corrected chi connectivity index (χ3v) is 3.50. The summed E-state index contributed by atoms with van der Waals surface area (Å²) < 4.78 is 0. The predicted molar refractivity (Wildman–Crippen MR) is 67.6 cm³/mol. The van der Waals surface area contributed by atoms with Crippen molar-refractivity contribution in [1.29, 1.82) is 0 Å². The van der Waals surface area contributed by atoms with Crippen molar-refractivity contribution >= 4 is 11.6 Å². The second kappa shape index (κ2) is 5.31. The van der Waals surface area contributed by atoms with E-state index < -0.39 is 0 Å². The molecule has 0 amide bonds. The first-order valence-corrected chi connectivity index (χ1v) is 6.16. The number of nitrogens with one attached hydrogen (secondary N) is 1. The average molecular weight is 236 g/mol. The molecule has 94 valence electrons. The van der Waals surface area contributed by atoms with Gasteiger partial charge in [-0.2, -0.15) is 0 Å². The highest BCUT2D eigenvalue weighted by Gasteiger charge is 2.19. The van der Waals surface area contributed by atoms with E-state index >= 15 is 0 Å². The zero-order valence-corrected chi connectivity index (χ0v) is 10.2. The van der Waals surface area contributed by atoms with Crippen molar-refractivity contribution in [2.45, 2.75) is 38.7 Å². The van der Waals surface area contributed by atoms with Crippen molar-refractivity contribution in [2.24, 2.45) is 5.92 Å². The van der Waals surface area contributed by atoms with Gasteiger partial charge in [0.1, 0.15) is 18.0 Å². The first-order chi connectivity index (χ1) is 8.16. The van der Waals surface area contributed by atoms with Crippen LogP contribution in [0.2, 0.25) is 0 Å². The van der Waals surface area contributed by atoms with Crippen LogP contribution in [0.3, 0.4) is 0 Å². The summed E-state index contributed by atoms with van der Waals surface area (Å²) >= 11 is 0. The summed E-state index contributed by atoms with van der Waals surface area (Å²) in [5.41, 5.74) is 6.63. The molecule has 0 unspecified atom stereocenters. The van der Waals surface area contributed by atoms with E-state index in [1.165, 1.54) is 6.33 Å². The van der Waals surface area contributed by atoms with Crippen molar-refractivity contribution in [1.82, 2.24) is 9.97 Å². The highest BCUT2D eigenvalue weighted by Crippen LogP contribution is 2.25. The van der Waals surface area contributed by atoms with E-state index in [4.69, 9.17) is 5.73 Å². The molecule has 0 spiro atoms. The smallest absolute Gasteiger partial charge is 0.134 e. The van der Waals surface area contributed by atoms with Gasteiger partial charge in [-0.25, -0.2) is 9.97 Å². The molecule has 1 aromatic rings. The van der Waals surface area contributed by atoms with Crippen molar-refractivity contribution < 1.29 is 5.11 Å². The Morgan fingerprint density at radius 2 is 2.06 bits per heavy atom. The molecule has 5 heteroatoms. The molecule has 17 heavy (non-hydrogen) atoms. The Balaban J connectivity index is 1.87. The zero-order valence-electron chi connectivity index (χ0n) is 10.2. The van der Waals surface area contributed by atoms with Crippen LogP contribution in [0.1, 0.15) is 31.2 Å². The van der Waals surface area contributed by atoms with Crippen molar-refractivity contribution in [2.75, 3.05) is 17.6 Å². The summed E-state index contributed by atoms with van der Waals surface area (Å²) in [6.45, 7) is 2.81. The van der Waals surface area contributed by atoms with Gasteiger partial charge in [-0.1, -0.05) is 0 Å². The monoisotopic (exact) mass is 236 g/mol. The first-order valence-electron chi connectivity index (χ1n) is 6.16. The van der Waals surface area contributed by atoms with E-state index in [2.05, 4.69) is 15.3 Å². The molecule has 5 nitrogen and oxygen atoms in total. The van der Waals surface area contributed by atoms with Crippen molar-refractivity contribution in [3.63, 3.8) is 0 Å². The number of nitrogen functional groups attached to an aromatic ring is 1. The molecular weight excluding hydrogens is 216 g/mol. The standard InChI is InChI=1S/C12H20N4O/c1-8-11(13)15-7-16-12(8)14-6-9-2-4-10(17)5-3-9/h7,9-10,17H,2-6H2,1H3,(H3,13,14,15,16). The number of aliphatic hydroxyl groups excluding tert-OH is 1. The Hall–Kier alpha value is -1.36. The van der Waals surface area contributed by atoms with Crippen LogP contribution >= 0.6 is 0 Å². The first kappa shape index (κ1) is 12.1. The molecule has 0 saturated heterocycles. The molecule has 1 aliphatic carbocycles. The Bertz CT molecular complexity index is 375. The number of aliphatic hydroxyl groups is 1. The van der Waals surface area contributed by atoms with E-state index in [1.807, 2.05) is 6.92 Å². The van der Waals surface area contributed by atoms with E-state index in [0.717, 1.165) is 43.6 Å². The molecule has 4 N–H and O–H groups in total. The Morgan fingerprint density at radius 3 is 2.76 bits per heavy atom. The van der Waals surface area contributed by atoms with Gasteiger partial charge in [-0.15, -0.1) is 0 Å². The summed E-state index contributed by atoms with van der Waals surface area (Å²) in [5.74, 6) is 1.97. The molecule has 2 rings (SSSR count). The van der Waals surface area contributed by atoms with E-state index in [1.54, 1.807) is 0 Å². The summed E-state index contributed by atoms with van der Waals surface area (Å²) in [6, 6.07) is 0. The van der Waals surface area contributed by atoms with Crippen molar-refractivity contribution in [3.05, 3.63) is 11.9 Å². The zero-order chi connectivity index (χ0) is 12.3. The predicted octanol–water partition coefficient (Wildman–Crippen LogP) is 1.33. The lowest BCUT2D eigenvalue weighted by molar-refractivity contribution is 0.111. The third-order valence-electron chi connectivity index (χ3n) is 3.50. The summed E-state index contributed by atoms with van der Waals surface area (Å²) in [5, 5.41) is 12.8. The Morgan fingerprint density at radius 1 is 1.35 bits per heavy atom. The number of anilines is 2. The Labute approximate surface area is 101 Å². The normalized spacial score (nSPS) is 24.6. The fourth-order valence-electron chi connectivity index (χ4n) is 2.23. The minimum atomic E-state index is -0.0947.